The van der Waals surface area contributed by atoms with E-state index in [9.17, 15) is 9.18 Å². The zero-order valence-corrected chi connectivity index (χ0v) is 14.2. The Hall–Kier alpha value is -2.40. The Bertz CT molecular complexity index is 680. The summed E-state index contributed by atoms with van der Waals surface area (Å²) < 4.78 is 18.2. The van der Waals surface area contributed by atoms with Gasteiger partial charge in [-0.2, -0.15) is 0 Å². The van der Waals surface area contributed by atoms with Gasteiger partial charge in [-0.25, -0.2) is 4.39 Å². The highest BCUT2D eigenvalue weighted by Gasteiger charge is 2.11. The van der Waals surface area contributed by atoms with Crippen molar-refractivity contribution in [2.45, 2.75) is 19.4 Å². The second kappa shape index (κ2) is 8.62. The molecule has 0 unspecified atom stereocenters. The third-order valence-electron chi connectivity index (χ3n) is 4.36. The van der Waals surface area contributed by atoms with Crippen molar-refractivity contribution in [3.63, 3.8) is 0 Å². The molecule has 1 amide bonds. The summed E-state index contributed by atoms with van der Waals surface area (Å²) in [5, 5.41) is 2.87. The predicted octanol–water partition coefficient (Wildman–Crippen LogP) is 2.91. The van der Waals surface area contributed by atoms with Crippen LogP contribution in [0.25, 0.3) is 0 Å². The molecular weight excluding hydrogens is 319 g/mol. The van der Waals surface area contributed by atoms with Gasteiger partial charge in [0.15, 0.2) is 0 Å². The van der Waals surface area contributed by atoms with E-state index in [4.69, 9.17) is 4.74 Å². The lowest BCUT2D eigenvalue weighted by Gasteiger charge is -2.28. The molecule has 132 valence electrons. The van der Waals surface area contributed by atoms with Crippen LogP contribution in [-0.2, 0) is 22.5 Å². The number of rotatable bonds is 6. The van der Waals surface area contributed by atoms with E-state index in [1.165, 1.54) is 17.8 Å². The van der Waals surface area contributed by atoms with Crippen molar-refractivity contribution in [1.29, 1.82) is 0 Å². The molecule has 0 saturated carbocycles. The minimum Gasteiger partial charge on any atom is -0.378 e. The zero-order chi connectivity index (χ0) is 17.5. The second-order valence-electron chi connectivity index (χ2n) is 6.17. The molecule has 1 fully saturated rings. The fourth-order valence-electron chi connectivity index (χ4n) is 2.84. The number of carbonyl (C=O) groups excluding carboxylic acids is 1. The lowest BCUT2D eigenvalue weighted by atomic mass is 10.1. The van der Waals surface area contributed by atoms with Gasteiger partial charge < -0.3 is 15.0 Å². The largest absolute Gasteiger partial charge is 0.378 e. The molecule has 1 N–H and O–H groups in total. The van der Waals surface area contributed by atoms with Gasteiger partial charge in [-0.15, -0.1) is 0 Å². The second-order valence-corrected chi connectivity index (χ2v) is 6.17. The molecule has 0 bridgehead atoms. The number of amides is 1. The van der Waals surface area contributed by atoms with Crippen LogP contribution in [0.5, 0.6) is 0 Å². The van der Waals surface area contributed by atoms with Gasteiger partial charge in [-0.05, 0) is 41.8 Å². The topological polar surface area (TPSA) is 41.6 Å². The Morgan fingerprint density at radius 3 is 2.32 bits per heavy atom. The predicted molar refractivity (Wildman–Crippen MR) is 96.0 cm³/mol. The van der Waals surface area contributed by atoms with E-state index in [-0.39, 0.29) is 11.7 Å². The van der Waals surface area contributed by atoms with Gasteiger partial charge in [0.1, 0.15) is 5.82 Å². The quantitative estimate of drug-likeness (QED) is 0.878. The van der Waals surface area contributed by atoms with Crippen LogP contribution >= 0.6 is 0 Å². The minimum absolute atomic E-state index is 0.00146. The number of aryl methyl sites for hydroxylation is 1. The van der Waals surface area contributed by atoms with E-state index in [2.05, 4.69) is 34.5 Å². The molecule has 0 aromatic heterocycles. The summed E-state index contributed by atoms with van der Waals surface area (Å²) in [6.07, 6.45) is 1.15. The first-order chi connectivity index (χ1) is 12.2. The number of ether oxygens (including phenoxy) is 1. The molecule has 3 rings (SSSR count). The number of halogens is 1. The Morgan fingerprint density at radius 1 is 1.00 bits per heavy atom. The lowest BCUT2D eigenvalue weighted by molar-refractivity contribution is -0.121. The van der Waals surface area contributed by atoms with Gasteiger partial charge in [0.2, 0.25) is 5.91 Å². The molecule has 0 atom stereocenters. The fraction of sp³-hybridized carbons (Fsp3) is 0.350. The van der Waals surface area contributed by atoms with Crippen molar-refractivity contribution < 1.29 is 13.9 Å². The van der Waals surface area contributed by atoms with Crippen LogP contribution < -0.4 is 10.2 Å². The standard InChI is InChI=1S/C20H23FN2O2/c21-18-6-1-17(2-7-18)15-22-20(24)10-5-16-3-8-19(9-4-16)23-11-13-25-14-12-23/h1-4,6-9H,5,10-15H2,(H,22,24). The highest BCUT2D eigenvalue weighted by atomic mass is 19.1. The molecule has 0 radical (unpaired) electrons. The molecular formula is C20H23FN2O2. The van der Waals surface area contributed by atoms with Gasteiger partial charge in [0.05, 0.1) is 13.2 Å². The first-order valence-corrected chi connectivity index (χ1v) is 8.63. The number of morpholine rings is 1. The summed E-state index contributed by atoms with van der Waals surface area (Å²) in [4.78, 5) is 14.3. The number of hydrogen-bond donors (Lipinski definition) is 1. The van der Waals surface area contributed by atoms with E-state index >= 15 is 0 Å². The van der Waals surface area contributed by atoms with Crippen LogP contribution in [0.2, 0.25) is 0 Å². The van der Waals surface area contributed by atoms with Crippen molar-refractivity contribution >= 4 is 11.6 Å². The summed E-state index contributed by atoms with van der Waals surface area (Å²) >= 11 is 0. The lowest BCUT2D eigenvalue weighted by Crippen LogP contribution is -2.36. The van der Waals surface area contributed by atoms with Crippen molar-refractivity contribution in [2.75, 3.05) is 31.2 Å². The molecule has 2 aromatic rings. The summed E-state index contributed by atoms with van der Waals surface area (Å²) in [5.41, 5.74) is 3.24. The average Bonchev–Trinajstić information content (AvgIpc) is 2.67. The highest BCUT2D eigenvalue weighted by molar-refractivity contribution is 5.76. The van der Waals surface area contributed by atoms with Crippen LogP contribution in [0, 0.1) is 5.82 Å². The monoisotopic (exact) mass is 342 g/mol. The maximum Gasteiger partial charge on any atom is 0.220 e. The smallest absolute Gasteiger partial charge is 0.220 e. The van der Waals surface area contributed by atoms with E-state index < -0.39 is 0 Å². The van der Waals surface area contributed by atoms with Gasteiger partial charge >= 0.3 is 0 Å². The van der Waals surface area contributed by atoms with Gasteiger partial charge in [0, 0.05) is 31.7 Å². The molecule has 4 nitrogen and oxygen atoms in total. The van der Waals surface area contributed by atoms with Crippen LogP contribution in [0.4, 0.5) is 10.1 Å². The van der Waals surface area contributed by atoms with Gasteiger partial charge in [-0.3, -0.25) is 4.79 Å². The maximum absolute atomic E-state index is 12.8. The van der Waals surface area contributed by atoms with Crippen LogP contribution in [0.1, 0.15) is 17.5 Å². The van der Waals surface area contributed by atoms with Crippen molar-refractivity contribution in [3.8, 4) is 0 Å². The summed E-state index contributed by atoms with van der Waals surface area (Å²) in [5.74, 6) is -0.266. The molecule has 5 heteroatoms. The van der Waals surface area contributed by atoms with Crippen LogP contribution in [0.15, 0.2) is 48.5 Å². The molecule has 0 spiro atoms. The molecule has 1 aliphatic rings. The first kappa shape index (κ1) is 17.4. The summed E-state index contributed by atoms with van der Waals surface area (Å²) in [7, 11) is 0. The number of nitrogens with zero attached hydrogens (tertiary/aromatic N) is 1. The molecule has 1 saturated heterocycles. The highest BCUT2D eigenvalue weighted by Crippen LogP contribution is 2.17. The first-order valence-electron chi connectivity index (χ1n) is 8.63. The molecule has 1 heterocycles. The molecule has 1 aliphatic heterocycles. The van der Waals surface area contributed by atoms with Crippen molar-refractivity contribution in [3.05, 3.63) is 65.5 Å². The number of benzene rings is 2. The zero-order valence-electron chi connectivity index (χ0n) is 14.2. The Balaban J connectivity index is 1.43. The van der Waals surface area contributed by atoms with E-state index in [1.54, 1.807) is 12.1 Å². The average molecular weight is 342 g/mol. The molecule has 25 heavy (non-hydrogen) atoms. The third-order valence-corrected chi connectivity index (χ3v) is 4.36. The minimum atomic E-state index is -0.268. The van der Waals surface area contributed by atoms with Crippen molar-refractivity contribution in [2.24, 2.45) is 0 Å². The SMILES string of the molecule is O=C(CCc1ccc(N2CCOCC2)cc1)NCc1ccc(F)cc1. The van der Waals surface area contributed by atoms with Crippen molar-refractivity contribution in [1.82, 2.24) is 5.32 Å². The van der Waals surface area contributed by atoms with Gasteiger partial charge in [-0.1, -0.05) is 24.3 Å². The van der Waals surface area contributed by atoms with E-state index in [0.29, 0.717) is 19.4 Å². The Labute approximate surface area is 147 Å². The molecule has 0 aliphatic carbocycles. The van der Waals surface area contributed by atoms with Gasteiger partial charge in [0.25, 0.3) is 0 Å². The Kier molecular flexibility index (Phi) is 6.01. The third kappa shape index (κ3) is 5.29. The summed E-state index contributed by atoms with van der Waals surface area (Å²) in [6, 6.07) is 14.5. The normalized spacial score (nSPS) is 14.4. The Morgan fingerprint density at radius 2 is 1.64 bits per heavy atom. The number of carbonyl (C=O) groups is 1. The van der Waals surface area contributed by atoms with E-state index in [0.717, 1.165) is 37.4 Å². The van der Waals surface area contributed by atoms with Crippen LogP contribution in [-0.4, -0.2) is 32.2 Å². The number of nitrogens with one attached hydrogen (secondary N) is 1. The molecule has 2 aromatic carbocycles. The number of hydrogen-bond acceptors (Lipinski definition) is 3. The fourth-order valence-corrected chi connectivity index (χ4v) is 2.84. The maximum atomic E-state index is 12.8. The van der Waals surface area contributed by atoms with Crippen LogP contribution in [0.3, 0.4) is 0 Å². The number of anilines is 1. The summed E-state index contributed by atoms with van der Waals surface area (Å²) in [6.45, 7) is 3.82. The van der Waals surface area contributed by atoms with E-state index in [1.807, 2.05) is 0 Å².